The molecule has 1 aromatic rings. The molecule has 0 amide bonds. The van der Waals surface area contributed by atoms with Gasteiger partial charge in [0.2, 0.25) is 0 Å². The molecular formula is C14H19F4N. The second-order valence-electron chi connectivity index (χ2n) is 4.66. The number of hydrogen-bond donors (Lipinski definition) is 1. The van der Waals surface area contributed by atoms with Gasteiger partial charge in [-0.05, 0) is 49.6 Å². The van der Waals surface area contributed by atoms with Gasteiger partial charge in [-0.2, -0.15) is 13.2 Å². The van der Waals surface area contributed by atoms with Crippen molar-refractivity contribution in [3.8, 4) is 0 Å². The van der Waals surface area contributed by atoms with Crippen molar-refractivity contribution in [3.05, 3.63) is 35.1 Å². The summed E-state index contributed by atoms with van der Waals surface area (Å²) in [5.74, 6) is -0.420. The van der Waals surface area contributed by atoms with E-state index in [-0.39, 0.29) is 6.42 Å². The van der Waals surface area contributed by atoms with Gasteiger partial charge in [0, 0.05) is 12.5 Å². The molecule has 0 aliphatic heterocycles. The highest BCUT2D eigenvalue weighted by Crippen LogP contribution is 2.29. The zero-order valence-corrected chi connectivity index (χ0v) is 11.1. The average Bonchev–Trinajstić information content (AvgIpc) is 2.32. The molecule has 1 atom stereocenters. The first kappa shape index (κ1) is 16.0. The molecule has 1 nitrogen and oxygen atoms in total. The molecule has 0 heterocycles. The predicted molar refractivity (Wildman–Crippen MR) is 67.5 cm³/mol. The Morgan fingerprint density at radius 1 is 1.26 bits per heavy atom. The van der Waals surface area contributed by atoms with Crippen molar-refractivity contribution in [2.24, 2.45) is 0 Å². The molecule has 0 radical (unpaired) electrons. The molecule has 0 saturated carbocycles. The van der Waals surface area contributed by atoms with Gasteiger partial charge in [-0.3, -0.25) is 0 Å². The quantitative estimate of drug-likeness (QED) is 0.754. The summed E-state index contributed by atoms with van der Waals surface area (Å²) in [5, 5.41) is 3.06. The molecular weight excluding hydrogens is 258 g/mol. The molecule has 1 N–H and O–H groups in total. The molecule has 0 bridgehead atoms. The summed E-state index contributed by atoms with van der Waals surface area (Å²) in [6.07, 6.45) is -4.32. The van der Waals surface area contributed by atoms with E-state index in [9.17, 15) is 17.6 Å². The topological polar surface area (TPSA) is 12.0 Å². The maximum atomic E-state index is 13.3. The molecule has 0 spiro atoms. The molecule has 0 saturated heterocycles. The fraction of sp³-hybridized carbons (Fsp3) is 0.571. The largest absolute Gasteiger partial charge is 0.389 e. The lowest BCUT2D eigenvalue weighted by Gasteiger charge is -2.21. The van der Waals surface area contributed by atoms with Crippen LogP contribution in [0, 0.1) is 12.7 Å². The van der Waals surface area contributed by atoms with Crippen LogP contribution in [0.25, 0.3) is 0 Å². The van der Waals surface area contributed by atoms with E-state index in [1.807, 2.05) is 6.92 Å². The van der Waals surface area contributed by atoms with Crippen LogP contribution in [0.2, 0.25) is 0 Å². The minimum Gasteiger partial charge on any atom is -0.310 e. The van der Waals surface area contributed by atoms with Crippen LogP contribution in [0.5, 0.6) is 0 Å². The number of rotatable bonds is 6. The van der Waals surface area contributed by atoms with E-state index in [1.165, 1.54) is 12.1 Å². The van der Waals surface area contributed by atoms with E-state index in [2.05, 4.69) is 5.32 Å². The summed E-state index contributed by atoms with van der Waals surface area (Å²) < 4.78 is 50.2. The Morgan fingerprint density at radius 2 is 1.95 bits per heavy atom. The van der Waals surface area contributed by atoms with Crippen LogP contribution in [-0.2, 0) is 0 Å². The third-order valence-electron chi connectivity index (χ3n) is 2.97. The number of aryl methyl sites for hydroxylation is 1. The fourth-order valence-electron chi connectivity index (χ4n) is 1.98. The molecule has 1 unspecified atom stereocenters. The number of hydrogen-bond acceptors (Lipinski definition) is 1. The van der Waals surface area contributed by atoms with Gasteiger partial charge in [0.05, 0.1) is 0 Å². The Balaban J connectivity index is 2.85. The van der Waals surface area contributed by atoms with Gasteiger partial charge in [0.1, 0.15) is 5.82 Å². The highest BCUT2D eigenvalue weighted by molar-refractivity contribution is 5.29. The first-order chi connectivity index (χ1) is 8.83. The second-order valence-corrected chi connectivity index (χ2v) is 4.66. The van der Waals surface area contributed by atoms with E-state index >= 15 is 0 Å². The lowest BCUT2D eigenvalue weighted by atomic mass is 9.97. The molecule has 1 aromatic carbocycles. The molecule has 19 heavy (non-hydrogen) atoms. The first-order valence-electron chi connectivity index (χ1n) is 6.39. The van der Waals surface area contributed by atoms with Crippen molar-refractivity contribution in [1.82, 2.24) is 5.32 Å². The van der Waals surface area contributed by atoms with Crippen molar-refractivity contribution >= 4 is 0 Å². The maximum absolute atomic E-state index is 13.3. The van der Waals surface area contributed by atoms with Crippen LogP contribution >= 0.6 is 0 Å². The third-order valence-corrected chi connectivity index (χ3v) is 2.97. The summed E-state index contributed by atoms with van der Waals surface area (Å²) in [5.41, 5.74) is 1.41. The van der Waals surface area contributed by atoms with Gasteiger partial charge in [0.25, 0.3) is 0 Å². The monoisotopic (exact) mass is 277 g/mol. The Kier molecular flexibility index (Phi) is 5.79. The average molecular weight is 277 g/mol. The Bertz CT molecular complexity index is 401. The van der Waals surface area contributed by atoms with Crippen LogP contribution < -0.4 is 5.32 Å². The minimum absolute atomic E-state index is 0.0756. The number of alkyl halides is 3. The summed E-state index contributed by atoms with van der Waals surface area (Å²) in [4.78, 5) is 0. The Labute approximate surface area is 111 Å². The van der Waals surface area contributed by atoms with Crippen molar-refractivity contribution < 1.29 is 17.6 Å². The van der Waals surface area contributed by atoms with Gasteiger partial charge < -0.3 is 5.32 Å². The summed E-state index contributed by atoms with van der Waals surface area (Å²) in [6.45, 7) is 4.33. The lowest BCUT2D eigenvalue weighted by Crippen LogP contribution is -2.25. The second kappa shape index (κ2) is 6.89. The lowest BCUT2D eigenvalue weighted by molar-refractivity contribution is -0.136. The summed E-state index contributed by atoms with van der Waals surface area (Å²) >= 11 is 0. The van der Waals surface area contributed by atoms with E-state index in [0.29, 0.717) is 12.1 Å². The Hall–Kier alpha value is -1.10. The minimum atomic E-state index is -4.19. The van der Waals surface area contributed by atoms with Crippen molar-refractivity contribution in [2.45, 2.75) is 45.3 Å². The molecule has 108 valence electrons. The third kappa shape index (κ3) is 5.59. The maximum Gasteiger partial charge on any atom is 0.389 e. The van der Waals surface area contributed by atoms with Crippen molar-refractivity contribution in [2.75, 3.05) is 6.54 Å². The molecule has 0 aromatic heterocycles. The van der Waals surface area contributed by atoms with E-state index in [1.54, 1.807) is 13.0 Å². The SMILES string of the molecule is CCCNC(CCC(F)(F)F)c1cc(F)ccc1C. The molecule has 0 aliphatic rings. The van der Waals surface area contributed by atoms with Crippen LogP contribution in [0.15, 0.2) is 18.2 Å². The zero-order chi connectivity index (χ0) is 14.5. The zero-order valence-electron chi connectivity index (χ0n) is 11.1. The van der Waals surface area contributed by atoms with Gasteiger partial charge in [-0.25, -0.2) is 4.39 Å². The highest BCUT2D eigenvalue weighted by atomic mass is 19.4. The van der Waals surface area contributed by atoms with Gasteiger partial charge in [0.15, 0.2) is 0 Å². The van der Waals surface area contributed by atoms with Crippen molar-refractivity contribution in [1.29, 1.82) is 0 Å². The van der Waals surface area contributed by atoms with Crippen LogP contribution in [0.1, 0.15) is 43.4 Å². The summed E-state index contributed by atoms with van der Waals surface area (Å²) in [7, 11) is 0. The predicted octanol–water partition coefficient (Wildman–Crippen LogP) is 4.52. The van der Waals surface area contributed by atoms with E-state index in [0.717, 1.165) is 12.0 Å². The van der Waals surface area contributed by atoms with Crippen LogP contribution in [0.4, 0.5) is 17.6 Å². The van der Waals surface area contributed by atoms with Gasteiger partial charge >= 0.3 is 6.18 Å². The van der Waals surface area contributed by atoms with Gasteiger partial charge in [-0.1, -0.05) is 13.0 Å². The number of nitrogens with one attached hydrogen (secondary N) is 1. The molecule has 5 heteroatoms. The van der Waals surface area contributed by atoms with Crippen molar-refractivity contribution in [3.63, 3.8) is 0 Å². The van der Waals surface area contributed by atoms with Crippen LogP contribution in [0.3, 0.4) is 0 Å². The van der Waals surface area contributed by atoms with E-state index < -0.39 is 24.5 Å². The number of benzene rings is 1. The molecule has 0 fully saturated rings. The molecule has 0 aliphatic carbocycles. The Morgan fingerprint density at radius 3 is 2.53 bits per heavy atom. The summed E-state index contributed by atoms with van der Waals surface area (Å²) in [6, 6.07) is 3.77. The first-order valence-corrected chi connectivity index (χ1v) is 6.39. The fourth-order valence-corrected chi connectivity index (χ4v) is 1.98. The van der Waals surface area contributed by atoms with E-state index in [4.69, 9.17) is 0 Å². The molecule has 1 rings (SSSR count). The standard InChI is InChI=1S/C14H19F4N/c1-3-8-19-13(6-7-14(16,17)18)12-9-11(15)5-4-10(12)2/h4-5,9,13,19H,3,6-8H2,1-2H3. The number of halogens is 4. The van der Waals surface area contributed by atoms with Gasteiger partial charge in [-0.15, -0.1) is 0 Å². The highest BCUT2D eigenvalue weighted by Gasteiger charge is 2.29. The smallest absolute Gasteiger partial charge is 0.310 e. The van der Waals surface area contributed by atoms with Crippen LogP contribution in [-0.4, -0.2) is 12.7 Å². The normalized spacial score (nSPS) is 13.6.